The normalized spacial score (nSPS) is 13.8. The van der Waals surface area contributed by atoms with E-state index < -0.39 is 0 Å². The van der Waals surface area contributed by atoms with Gasteiger partial charge in [-0.25, -0.2) is 15.0 Å². The van der Waals surface area contributed by atoms with Gasteiger partial charge in [0.25, 0.3) is 0 Å². The van der Waals surface area contributed by atoms with Crippen molar-refractivity contribution in [3.8, 4) is 22.8 Å². The van der Waals surface area contributed by atoms with E-state index >= 15 is 0 Å². The highest BCUT2D eigenvalue weighted by atomic mass is 16.5. The van der Waals surface area contributed by atoms with Crippen LogP contribution >= 0.6 is 0 Å². The average molecular weight is 425 g/mol. The largest absolute Gasteiger partial charge is 0.497 e. The Hall–Kier alpha value is -4.13. The Morgan fingerprint density at radius 1 is 1.00 bits per heavy atom. The van der Waals surface area contributed by atoms with Crippen molar-refractivity contribution in [3.63, 3.8) is 0 Å². The summed E-state index contributed by atoms with van der Waals surface area (Å²) in [7, 11) is 3.28. The highest BCUT2D eigenvalue weighted by Gasteiger charge is 2.22. The summed E-state index contributed by atoms with van der Waals surface area (Å²) in [5, 5.41) is 6.79. The van der Waals surface area contributed by atoms with E-state index in [1.165, 1.54) is 0 Å². The topological polar surface area (TPSA) is 81.2 Å². The van der Waals surface area contributed by atoms with Crippen LogP contribution < -0.4 is 20.1 Å². The zero-order valence-corrected chi connectivity index (χ0v) is 17.9. The van der Waals surface area contributed by atoms with E-state index in [2.05, 4.69) is 44.9 Å². The lowest BCUT2D eigenvalue weighted by Gasteiger charge is -2.12. The van der Waals surface area contributed by atoms with Crippen LogP contribution in [0.5, 0.6) is 11.5 Å². The van der Waals surface area contributed by atoms with Crippen LogP contribution in [0.2, 0.25) is 0 Å². The number of hydrogen-bond acceptors (Lipinski definition) is 7. The molecule has 7 heteroatoms. The summed E-state index contributed by atoms with van der Waals surface area (Å²) in [5.74, 6) is 2.80. The van der Waals surface area contributed by atoms with Crippen LogP contribution in [0.4, 0.5) is 11.8 Å². The minimum atomic E-state index is 0.529. The predicted octanol–water partition coefficient (Wildman–Crippen LogP) is 4.82. The summed E-state index contributed by atoms with van der Waals surface area (Å²) in [6.07, 6.45) is 13.0. The highest BCUT2D eigenvalue weighted by molar-refractivity contribution is 5.93. The molecular weight excluding hydrogens is 402 g/mol. The molecule has 0 saturated carbocycles. The first-order valence-corrected chi connectivity index (χ1v) is 10.4. The van der Waals surface area contributed by atoms with Gasteiger partial charge in [-0.1, -0.05) is 18.2 Å². The monoisotopic (exact) mass is 425 g/mol. The summed E-state index contributed by atoms with van der Waals surface area (Å²) >= 11 is 0. The Balaban J connectivity index is 1.52. The SMILES string of the molecule is COc1cc(CNc2ncc3c(n2)-c2cccnc2NC2=C3C=CCC=C2)cc(OC)c1. The fourth-order valence-electron chi connectivity index (χ4n) is 3.82. The second-order valence-corrected chi connectivity index (χ2v) is 7.42. The van der Waals surface area contributed by atoms with Gasteiger partial charge in [-0.15, -0.1) is 0 Å². The molecule has 2 aromatic heterocycles. The van der Waals surface area contributed by atoms with Crippen LogP contribution in [0.15, 0.2) is 72.7 Å². The molecule has 3 heterocycles. The van der Waals surface area contributed by atoms with E-state index in [-0.39, 0.29) is 0 Å². The molecule has 0 saturated heterocycles. The lowest BCUT2D eigenvalue weighted by atomic mass is 10.0. The molecule has 1 aromatic carbocycles. The summed E-state index contributed by atoms with van der Waals surface area (Å²) in [6.45, 7) is 0.529. The fourth-order valence-corrected chi connectivity index (χ4v) is 3.82. The van der Waals surface area contributed by atoms with E-state index in [1.54, 1.807) is 20.4 Å². The number of fused-ring (bicyclic) bond motifs is 4. The lowest BCUT2D eigenvalue weighted by Crippen LogP contribution is -2.06. The van der Waals surface area contributed by atoms with Crippen LogP contribution in [0, 0.1) is 0 Å². The number of pyridine rings is 1. The first-order chi connectivity index (χ1) is 15.7. The molecule has 32 heavy (non-hydrogen) atoms. The molecule has 0 bridgehead atoms. The van der Waals surface area contributed by atoms with Crippen molar-refractivity contribution in [1.29, 1.82) is 0 Å². The molecule has 0 radical (unpaired) electrons. The third kappa shape index (κ3) is 3.80. The number of nitrogens with one attached hydrogen (secondary N) is 2. The maximum Gasteiger partial charge on any atom is 0.223 e. The number of rotatable bonds is 5. The van der Waals surface area contributed by atoms with Crippen LogP contribution in [-0.4, -0.2) is 29.2 Å². The van der Waals surface area contributed by atoms with Crippen LogP contribution in [0.3, 0.4) is 0 Å². The predicted molar refractivity (Wildman–Crippen MR) is 126 cm³/mol. The molecule has 1 aliphatic carbocycles. The number of hydrogen-bond donors (Lipinski definition) is 2. The smallest absolute Gasteiger partial charge is 0.223 e. The first-order valence-electron chi connectivity index (χ1n) is 10.4. The quantitative estimate of drug-likeness (QED) is 0.606. The minimum Gasteiger partial charge on any atom is -0.497 e. The Bertz CT molecular complexity index is 1240. The van der Waals surface area contributed by atoms with Crippen molar-refractivity contribution in [2.45, 2.75) is 13.0 Å². The van der Waals surface area contributed by atoms with Gasteiger partial charge < -0.3 is 20.1 Å². The summed E-state index contributed by atoms with van der Waals surface area (Å²) < 4.78 is 10.7. The summed E-state index contributed by atoms with van der Waals surface area (Å²) in [6, 6.07) is 9.71. The van der Waals surface area contributed by atoms with Crippen molar-refractivity contribution in [1.82, 2.24) is 15.0 Å². The van der Waals surface area contributed by atoms with Gasteiger partial charge in [0.05, 0.1) is 19.9 Å². The number of anilines is 2. The Kier molecular flexibility index (Phi) is 5.29. The van der Waals surface area contributed by atoms with Crippen molar-refractivity contribution >= 4 is 17.3 Å². The van der Waals surface area contributed by atoms with Gasteiger partial charge in [0.15, 0.2) is 0 Å². The van der Waals surface area contributed by atoms with E-state index in [0.29, 0.717) is 12.5 Å². The number of nitrogens with zero attached hydrogens (tertiary/aromatic N) is 3. The highest BCUT2D eigenvalue weighted by Crippen LogP contribution is 2.38. The molecule has 5 rings (SSSR count). The second kappa shape index (κ2) is 8.55. The first kappa shape index (κ1) is 19.8. The molecule has 2 aliphatic rings. The third-order valence-electron chi connectivity index (χ3n) is 5.39. The number of ether oxygens (including phenoxy) is 2. The number of methoxy groups -OCH3 is 2. The van der Waals surface area contributed by atoms with Crippen molar-refractivity contribution < 1.29 is 9.47 Å². The van der Waals surface area contributed by atoms with Crippen molar-refractivity contribution in [3.05, 3.63) is 83.9 Å². The molecular formula is C25H23N5O2. The van der Waals surface area contributed by atoms with Gasteiger partial charge in [0.1, 0.15) is 17.3 Å². The third-order valence-corrected chi connectivity index (χ3v) is 5.39. The van der Waals surface area contributed by atoms with Crippen LogP contribution in [0.25, 0.3) is 16.8 Å². The van der Waals surface area contributed by atoms with Crippen LogP contribution in [-0.2, 0) is 6.54 Å². The van der Waals surface area contributed by atoms with Crippen molar-refractivity contribution in [2.24, 2.45) is 0 Å². The molecule has 0 unspecified atom stereocenters. The molecule has 160 valence electrons. The van der Waals surface area contributed by atoms with E-state index in [4.69, 9.17) is 14.5 Å². The summed E-state index contributed by atoms with van der Waals surface area (Å²) in [5.41, 5.74) is 5.79. The molecule has 0 amide bonds. The summed E-state index contributed by atoms with van der Waals surface area (Å²) in [4.78, 5) is 14.0. The molecule has 0 atom stereocenters. The molecule has 1 aliphatic heterocycles. The zero-order valence-electron chi connectivity index (χ0n) is 17.9. The molecule has 2 N–H and O–H groups in total. The van der Waals surface area contributed by atoms with Gasteiger partial charge in [0, 0.05) is 47.4 Å². The maximum absolute atomic E-state index is 5.37. The standard InChI is InChI=1S/C25H23N5O2/c1-31-17-11-16(12-18(13-17)32-2)14-27-25-28-15-21-19-7-4-3-5-9-22(19)29-24-20(23(21)30-25)8-6-10-26-24/h4-13,15H,3,14H2,1-2H3,(H,26,29)(H,27,28,30). The van der Waals surface area contributed by atoms with E-state index in [1.807, 2.05) is 36.5 Å². The van der Waals surface area contributed by atoms with E-state index in [9.17, 15) is 0 Å². The number of allylic oxidation sites excluding steroid dienone is 5. The molecule has 0 spiro atoms. The maximum atomic E-state index is 5.37. The van der Waals surface area contributed by atoms with Gasteiger partial charge in [-0.3, -0.25) is 0 Å². The number of benzene rings is 1. The Morgan fingerprint density at radius 2 is 1.81 bits per heavy atom. The Labute approximate surface area is 186 Å². The fraction of sp³-hybridized carbons (Fsp3) is 0.160. The Morgan fingerprint density at radius 3 is 2.62 bits per heavy atom. The van der Waals surface area contributed by atoms with Gasteiger partial charge in [-0.05, 0) is 42.3 Å². The molecule has 7 nitrogen and oxygen atoms in total. The van der Waals surface area contributed by atoms with Gasteiger partial charge in [-0.2, -0.15) is 0 Å². The zero-order chi connectivity index (χ0) is 21.9. The van der Waals surface area contributed by atoms with Crippen LogP contribution in [0.1, 0.15) is 17.5 Å². The second-order valence-electron chi connectivity index (χ2n) is 7.42. The molecule has 0 fully saturated rings. The van der Waals surface area contributed by atoms with Crippen molar-refractivity contribution in [2.75, 3.05) is 24.9 Å². The lowest BCUT2D eigenvalue weighted by molar-refractivity contribution is 0.393. The van der Waals surface area contributed by atoms with E-state index in [0.717, 1.165) is 57.4 Å². The minimum absolute atomic E-state index is 0.529. The average Bonchev–Trinajstić information content (AvgIpc) is 3.14. The van der Waals surface area contributed by atoms with Gasteiger partial charge >= 0.3 is 0 Å². The number of aromatic nitrogens is 3. The van der Waals surface area contributed by atoms with Gasteiger partial charge in [0.2, 0.25) is 5.95 Å². The molecule has 3 aromatic rings.